The molecule has 3 N–H and O–H groups in total. The first-order chi connectivity index (χ1) is 7.89. The maximum atomic E-state index is 12.2. The van der Waals surface area contributed by atoms with E-state index in [1.165, 1.54) is 0 Å². The average molecular weight is 242 g/mol. The van der Waals surface area contributed by atoms with Gasteiger partial charge in [-0.15, -0.1) is 0 Å². The molecule has 17 heavy (non-hydrogen) atoms. The van der Waals surface area contributed by atoms with Crippen molar-refractivity contribution < 1.29 is 9.90 Å². The molecular formula is C13H26N2O2. The lowest BCUT2D eigenvalue weighted by Crippen LogP contribution is -2.46. The number of nitrogens with zero attached hydrogens (tertiary/aromatic N) is 1. The molecule has 1 aliphatic carbocycles. The number of amides is 1. The van der Waals surface area contributed by atoms with E-state index in [0.29, 0.717) is 13.1 Å². The Balaban J connectivity index is 2.56. The molecular weight excluding hydrogens is 216 g/mol. The highest BCUT2D eigenvalue weighted by atomic mass is 16.3. The predicted molar refractivity (Wildman–Crippen MR) is 68.4 cm³/mol. The van der Waals surface area contributed by atoms with E-state index in [1.54, 1.807) is 11.9 Å². The SMILES string of the molecule is CC(C)C(CN)C(=O)N(C)CC1(O)CCCC1. The summed E-state index contributed by atoms with van der Waals surface area (Å²) in [5, 5.41) is 10.3. The molecule has 1 aliphatic rings. The van der Waals surface area contributed by atoms with E-state index in [1.807, 2.05) is 13.8 Å². The highest BCUT2D eigenvalue weighted by Crippen LogP contribution is 2.30. The highest BCUT2D eigenvalue weighted by molar-refractivity contribution is 5.79. The third-order valence-electron chi connectivity index (χ3n) is 3.82. The number of carbonyl (C=O) groups excluding carboxylic acids is 1. The largest absolute Gasteiger partial charge is 0.388 e. The minimum Gasteiger partial charge on any atom is -0.388 e. The van der Waals surface area contributed by atoms with Crippen molar-refractivity contribution in [3.05, 3.63) is 0 Å². The molecule has 1 amide bonds. The third-order valence-corrected chi connectivity index (χ3v) is 3.82. The zero-order chi connectivity index (χ0) is 13.1. The third kappa shape index (κ3) is 3.68. The van der Waals surface area contributed by atoms with Crippen LogP contribution >= 0.6 is 0 Å². The van der Waals surface area contributed by atoms with Gasteiger partial charge in [0.1, 0.15) is 0 Å². The smallest absolute Gasteiger partial charge is 0.227 e. The quantitative estimate of drug-likeness (QED) is 0.755. The molecule has 1 unspecified atom stereocenters. The number of likely N-dealkylation sites (N-methyl/N-ethyl adjacent to an activating group) is 1. The van der Waals surface area contributed by atoms with Crippen LogP contribution in [-0.4, -0.2) is 41.7 Å². The minimum absolute atomic E-state index is 0.0582. The second-order valence-corrected chi connectivity index (χ2v) is 5.71. The Morgan fingerprint density at radius 1 is 1.41 bits per heavy atom. The van der Waals surface area contributed by atoms with Crippen molar-refractivity contribution in [1.82, 2.24) is 4.90 Å². The van der Waals surface area contributed by atoms with Crippen LogP contribution in [0.3, 0.4) is 0 Å². The number of aliphatic hydroxyl groups is 1. The maximum absolute atomic E-state index is 12.2. The van der Waals surface area contributed by atoms with Gasteiger partial charge in [0.15, 0.2) is 0 Å². The Bertz CT molecular complexity index is 260. The van der Waals surface area contributed by atoms with Crippen molar-refractivity contribution >= 4 is 5.91 Å². The van der Waals surface area contributed by atoms with Gasteiger partial charge in [0, 0.05) is 20.1 Å². The molecule has 4 nitrogen and oxygen atoms in total. The summed E-state index contributed by atoms with van der Waals surface area (Å²) in [6.45, 7) is 4.83. The minimum atomic E-state index is -0.666. The Kier molecular flexibility index (Phi) is 4.95. The van der Waals surface area contributed by atoms with Crippen LogP contribution in [0.1, 0.15) is 39.5 Å². The van der Waals surface area contributed by atoms with E-state index < -0.39 is 5.60 Å². The van der Waals surface area contributed by atoms with Gasteiger partial charge in [0.2, 0.25) is 5.91 Å². The van der Waals surface area contributed by atoms with Crippen molar-refractivity contribution in [2.75, 3.05) is 20.1 Å². The van der Waals surface area contributed by atoms with Gasteiger partial charge in [-0.25, -0.2) is 0 Å². The van der Waals surface area contributed by atoms with Crippen LogP contribution in [0.15, 0.2) is 0 Å². The molecule has 0 heterocycles. The van der Waals surface area contributed by atoms with Crippen LogP contribution in [0.4, 0.5) is 0 Å². The molecule has 1 atom stereocenters. The molecule has 0 aliphatic heterocycles. The fourth-order valence-corrected chi connectivity index (χ4v) is 2.65. The molecule has 1 fully saturated rings. The van der Waals surface area contributed by atoms with Gasteiger partial charge in [-0.1, -0.05) is 26.7 Å². The van der Waals surface area contributed by atoms with Gasteiger partial charge in [0.25, 0.3) is 0 Å². The first-order valence-electron chi connectivity index (χ1n) is 6.57. The second-order valence-electron chi connectivity index (χ2n) is 5.71. The summed E-state index contributed by atoms with van der Waals surface area (Å²) >= 11 is 0. The van der Waals surface area contributed by atoms with Crippen LogP contribution in [0.25, 0.3) is 0 Å². The predicted octanol–water partition coefficient (Wildman–Crippen LogP) is 0.981. The standard InChI is InChI=1S/C13H26N2O2/c1-10(2)11(8-14)12(16)15(3)9-13(17)6-4-5-7-13/h10-11,17H,4-9,14H2,1-3H3. The van der Waals surface area contributed by atoms with Crippen LogP contribution in [0, 0.1) is 11.8 Å². The van der Waals surface area contributed by atoms with Crippen LogP contribution in [0.5, 0.6) is 0 Å². The maximum Gasteiger partial charge on any atom is 0.227 e. The lowest BCUT2D eigenvalue weighted by molar-refractivity contribution is -0.138. The number of hydrogen-bond acceptors (Lipinski definition) is 3. The lowest BCUT2D eigenvalue weighted by Gasteiger charge is -2.31. The van der Waals surface area contributed by atoms with Crippen LogP contribution in [-0.2, 0) is 4.79 Å². The van der Waals surface area contributed by atoms with Gasteiger partial charge in [-0.05, 0) is 18.8 Å². The molecule has 1 rings (SSSR count). The van der Waals surface area contributed by atoms with Gasteiger partial charge in [-0.2, -0.15) is 0 Å². The van der Waals surface area contributed by atoms with Crippen LogP contribution < -0.4 is 5.73 Å². The molecule has 1 saturated carbocycles. The number of carbonyl (C=O) groups is 1. The van der Waals surface area contributed by atoms with E-state index in [2.05, 4.69) is 0 Å². The molecule has 0 radical (unpaired) electrons. The van der Waals surface area contributed by atoms with E-state index in [0.717, 1.165) is 25.7 Å². The molecule has 0 bridgehead atoms. The second kappa shape index (κ2) is 5.83. The summed E-state index contributed by atoms with van der Waals surface area (Å²) in [7, 11) is 1.77. The summed E-state index contributed by atoms with van der Waals surface area (Å²) < 4.78 is 0. The van der Waals surface area contributed by atoms with Crippen molar-refractivity contribution in [3.8, 4) is 0 Å². The Hall–Kier alpha value is -0.610. The fraction of sp³-hybridized carbons (Fsp3) is 0.923. The Morgan fingerprint density at radius 3 is 2.35 bits per heavy atom. The van der Waals surface area contributed by atoms with Gasteiger partial charge < -0.3 is 15.7 Å². The summed E-state index contributed by atoms with van der Waals surface area (Å²) in [5.74, 6) is 0.168. The topological polar surface area (TPSA) is 66.6 Å². The monoisotopic (exact) mass is 242 g/mol. The van der Waals surface area contributed by atoms with Crippen molar-refractivity contribution in [2.24, 2.45) is 17.6 Å². The zero-order valence-electron chi connectivity index (χ0n) is 11.3. The first-order valence-corrected chi connectivity index (χ1v) is 6.57. The van der Waals surface area contributed by atoms with Crippen molar-refractivity contribution in [1.29, 1.82) is 0 Å². The van der Waals surface area contributed by atoms with E-state index >= 15 is 0 Å². The summed E-state index contributed by atoms with van der Waals surface area (Å²) in [5.41, 5.74) is 4.98. The highest BCUT2D eigenvalue weighted by Gasteiger charge is 2.35. The zero-order valence-corrected chi connectivity index (χ0v) is 11.3. The number of rotatable bonds is 5. The van der Waals surface area contributed by atoms with E-state index in [-0.39, 0.29) is 17.7 Å². The molecule has 0 spiro atoms. The van der Waals surface area contributed by atoms with Crippen molar-refractivity contribution in [3.63, 3.8) is 0 Å². The van der Waals surface area contributed by atoms with E-state index in [9.17, 15) is 9.90 Å². The van der Waals surface area contributed by atoms with Crippen molar-refractivity contribution in [2.45, 2.75) is 45.1 Å². The summed E-state index contributed by atoms with van der Waals surface area (Å²) in [4.78, 5) is 13.8. The summed E-state index contributed by atoms with van der Waals surface area (Å²) in [6, 6.07) is 0. The average Bonchev–Trinajstić information content (AvgIpc) is 2.65. The van der Waals surface area contributed by atoms with Crippen LogP contribution in [0.2, 0.25) is 0 Å². The molecule has 100 valence electrons. The number of nitrogens with two attached hydrogens (primary N) is 1. The van der Waals surface area contributed by atoms with Gasteiger partial charge in [0.05, 0.1) is 11.5 Å². The van der Waals surface area contributed by atoms with Gasteiger partial charge >= 0.3 is 0 Å². The summed E-state index contributed by atoms with van der Waals surface area (Å²) in [6.07, 6.45) is 3.73. The number of hydrogen-bond donors (Lipinski definition) is 2. The molecule has 0 saturated heterocycles. The first kappa shape index (κ1) is 14.5. The molecule has 4 heteroatoms. The molecule has 0 aromatic carbocycles. The van der Waals surface area contributed by atoms with Gasteiger partial charge in [-0.3, -0.25) is 4.79 Å². The molecule has 0 aromatic heterocycles. The van der Waals surface area contributed by atoms with E-state index in [4.69, 9.17) is 5.73 Å². The normalized spacial score (nSPS) is 20.6. The lowest BCUT2D eigenvalue weighted by atomic mass is 9.93. The Morgan fingerprint density at radius 2 is 1.94 bits per heavy atom. The fourth-order valence-electron chi connectivity index (χ4n) is 2.65. The Labute approximate surface area is 104 Å². The molecule has 0 aromatic rings.